The normalized spacial score (nSPS) is 18.3. The van der Waals surface area contributed by atoms with Crippen molar-refractivity contribution in [1.82, 2.24) is 20.5 Å². The van der Waals surface area contributed by atoms with Crippen LogP contribution in [0.1, 0.15) is 52.9 Å². The average molecular weight is 771 g/mol. The van der Waals surface area contributed by atoms with E-state index >= 15 is 0 Å². The molecule has 6 heteroatoms. The fourth-order valence-electron chi connectivity index (χ4n) is 9.33. The molecular weight excluding hydrogens is 733 g/mol. The second-order valence-corrected chi connectivity index (χ2v) is 17.4. The Morgan fingerprint density at radius 2 is 1.16 bits per heavy atom. The molecule has 3 aromatic heterocycles. The van der Waals surface area contributed by atoms with Crippen LogP contribution in [0.2, 0.25) is 0 Å². The minimum Gasteiger partial charge on any atom is -0.313 e. The zero-order valence-electron chi connectivity index (χ0n) is 31.1. The van der Waals surface area contributed by atoms with Crippen LogP contribution in [-0.4, -0.2) is 4.57 Å². The molecule has 1 fully saturated rings. The maximum atomic E-state index is 3.92. The van der Waals surface area contributed by atoms with E-state index in [2.05, 4.69) is 190 Å². The van der Waals surface area contributed by atoms with Crippen molar-refractivity contribution in [2.75, 3.05) is 0 Å². The molecule has 0 spiro atoms. The van der Waals surface area contributed by atoms with E-state index < -0.39 is 0 Å². The molecule has 10 aromatic rings. The Balaban J connectivity index is 0.972. The molecule has 0 radical (unpaired) electrons. The number of thiophene rings is 2. The van der Waals surface area contributed by atoms with Crippen LogP contribution in [0.5, 0.6) is 0 Å². The van der Waals surface area contributed by atoms with Gasteiger partial charge in [0.25, 0.3) is 0 Å². The molecular formula is C51H38N4S2. The maximum Gasteiger partial charge on any atom is 0.0878 e. The molecule has 274 valence electrons. The first-order valence-corrected chi connectivity index (χ1v) is 21.5. The van der Waals surface area contributed by atoms with Crippen LogP contribution in [0.4, 0.5) is 0 Å². The number of fused-ring (bicyclic) bond motifs is 9. The van der Waals surface area contributed by atoms with Crippen molar-refractivity contribution in [1.29, 1.82) is 0 Å². The molecule has 4 heterocycles. The van der Waals surface area contributed by atoms with Gasteiger partial charge in [0.05, 0.1) is 24.0 Å². The lowest BCUT2D eigenvalue weighted by Crippen LogP contribution is -2.54. The van der Waals surface area contributed by atoms with Crippen molar-refractivity contribution in [3.63, 3.8) is 0 Å². The van der Waals surface area contributed by atoms with E-state index in [1.165, 1.54) is 96.0 Å². The summed E-state index contributed by atoms with van der Waals surface area (Å²) in [6.45, 7) is 0. The highest BCUT2D eigenvalue weighted by atomic mass is 32.1. The van der Waals surface area contributed by atoms with Gasteiger partial charge in [0.2, 0.25) is 0 Å². The van der Waals surface area contributed by atoms with Gasteiger partial charge in [0, 0.05) is 68.2 Å². The second-order valence-electron chi connectivity index (χ2n) is 15.3. The minimum absolute atomic E-state index is 0.0194. The molecule has 7 aromatic carbocycles. The van der Waals surface area contributed by atoms with Crippen LogP contribution >= 0.6 is 22.7 Å². The standard InChI is InChI=1S/C51H38N4S2/c1-3-13-31(14-4-1)49-52-50(32-15-5-2-6-16-32)54-51(53-49)40-22-12-21-39-38-20-11-19-35(47(38)57-48(39)40)33-25-27-45-41(29-33)42-30-34(26-28-46(42)56-45)55-43-23-9-7-17-36(43)37-18-8-10-24-44(37)55/h1-9,11-23,25-30,49-54H,10,24H2. The van der Waals surface area contributed by atoms with Gasteiger partial charge < -0.3 is 4.57 Å². The van der Waals surface area contributed by atoms with Gasteiger partial charge in [-0.2, -0.15) is 0 Å². The third-order valence-corrected chi connectivity index (χ3v) is 14.5. The van der Waals surface area contributed by atoms with Gasteiger partial charge in [0.15, 0.2) is 0 Å². The lowest BCUT2D eigenvalue weighted by atomic mass is 9.99. The highest BCUT2D eigenvalue weighted by Crippen LogP contribution is 2.45. The zero-order valence-corrected chi connectivity index (χ0v) is 32.7. The number of hydrogen-bond donors (Lipinski definition) is 3. The van der Waals surface area contributed by atoms with E-state index in [1.807, 2.05) is 22.7 Å². The topological polar surface area (TPSA) is 41.0 Å². The van der Waals surface area contributed by atoms with Gasteiger partial charge in [-0.1, -0.05) is 133 Å². The van der Waals surface area contributed by atoms with Crippen molar-refractivity contribution < 1.29 is 0 Å². The van der Waals surface area contributed by atoms with E-state index in [4.69, 9.17) is 0 Å². The van der Waals surface area contributed by atoms with E-state index in [0.717, 1.165) is 12.8 Å². The molecule has 57 heavy (non-hydrogen) atoms. The number of hydrogen-bond acceptors (Lipinski definition) is 5. The number of aromatic nitrogens is 1. The number of nitrogens with zero attached hydrogens (tertiary/aromatic N) is 1. The highest BCUT2D eigenvalue weighted by Gasteiger charge is 2.31. The molecule has 1 aliphatic heterocycles. The molecule has 2 aliphatic rings. The van der Waals surface area contributed by atoms with Crippen LogP contribution in [-0.2, 0) is 6.42 Å². The van der Waals surface area contributed by atoms with Crippen LogP contribution in [0, 0.1) is 0 Å². The first-order valence-electron chi connectivity index (χ1n) is 19.8. The van der Waals surface area contributed by atoms with Crippen molar-refractivity contribution in [3.8, 4) is 16.8 Å². The Morgan fingerprint density at radius 3 is 1.95 bits per heavy atom. The van der Waals surface area contributed by atoms with Crippen molar-refractivity contribution in [3.05, 3.63) is 192 Å². The van der Waals surface area contributed by atoms with Crippen molar-refractivity contribution >= 4 is 80.0 Å². The fourth-order valence-corrected chi connectivity index (χ4v) is 11.8. The summed E-state index contributed by atoms with van der Waals surface area (Å²) in [5.74, 6) is 0. The first kappa shape index (κ1) is 33.3. The lowest BCUT2D eigenvalue weighted by molar-refractivity contribution is 0.204. The third kappa shape index (κ3) is 5.44. The van der Waals surface area contributed by atoms with Gasteiger partial charge in [-0.05, 0) is 71.5 Å². The summed E-state index contributed by atoms with van der Waals surface area (Å²) in [5.41, 5.74) is 11.5. The summed E-state index contributed by atoms with van der Waals surface area (Å²) >= 11 is 3.81. The highest BCUT2D eigenvalue weighted by molar-refractivity contribution is 7.26. The van der Waals surface area contributed by atoms with Crippen molar-refractivity contribution in [2.45, 2.75) is 31.3 Å². The molecule has 2 atom stereocenters. The molecule has 0 bridgehead atoms. The number of rotatable bonds is 5. The summed E-state index contributed by atoms with van der Waals surface area (Å²) in [5, 5.41) is 18.3. The quantitative estimate of drug-likeness (QED) is 0.163. The maximum absolute atomic E-state index is 3.92. The van der Waals surface area contributed by atoms with Gasteiger partial charge in [-0.15, -0.1) is 22.7 Å². The van der Waals surface area contributed by atoms with Crippen LogP contribution in [0.15, 0.2) is 164 Å². The number of para-hydroxylation sites is 1. The summed E-state index contributed by atoms with van der Waals surface area (Å²) in [6, 6.07) is 58.1. The fraction of sp³-hybridized carbons (Fsp3) is 0.0980. The lowest BCUT2D eigenvalue weighted by Gasteiger charge is -2.39. The average Bonchev–Trinajstić information content (AvgIpc) is 3.96. The first-order chi connectivity index (χ1) is 28.2. The predicted octanol–water partition coefficient (Wildman–Crippen LogP) is 13.2. The van der Waals surface area contributed by atoms with E-state index in [-0.39, 0.29) is 18.5 Å². The predicted molar refractivity (Wildman–Crippen MR) is 242 cm³/mol. The zero-order chi connectivity index (χ0) is 37.5. The Kier molecular flexibility index (Phi) is 7.81. The van der Waals surface area contributed by atoms with Gasteiger partial charge in [-0.25, -0.2) is 0 Å². The van der Waals surface area contributed by atoms with E-state index in [1.54, 1.807) is 0 Å². The molecule has 4 nitrogen and oxygen atoms in total. The van der Waals surface area contributed by atoms with Crippen LogP contribution < -0.4 is 16.0 Å². The second kappa shape index (κ2) is 13.4. The molecule has 2 unspecified atom stereocenters. The summed E-state index contributed by atoms with van der Waals surface area (Å²) in [7, 11) is 0. The number of benzene rings is 7. The number of nitrogens with one attached hydrogen (secondary N) is 3. The summed E-state index contributed by atoms with van der Waals surface area (Å²) in [4.78, 5) is 0. The molecule has 1 saturated heterocycles. The van der Waals surface area contributed by atoms with Gasteiger partial charge >= 0.3 is 0 Å². The molecule has 1 aliphatic carbocycles. The molecule has 3 N–H and O–H groups in total. The van der Waals surface area contributed by atoms with Gasteiger partial charge in [-0.3, -0.25) is 16.0 Å². The summed E-state index contributed by atoms with van der Waals surface area (Å²) in [6.07, 6.45) is 6.67. The van der Waals surface area contributed by atoms with Crippen LogP contribution in [0.3, 0.4) is 0 Å². The third-order valence-electron chi connectivity index (χ3n) is 12.0. The van der Waals surface area contributed by atoms with Gasteiger partial charge in [0.1, 0.15) is 0 Å². The van der Waals surface area contributed by atoms with E-state index in [0.29, 0.717) is 0 Å². The summed E-state index contributed by atoms with van der Waals surface area (Å²) < 4.78 is 7.79. The Hall–Kier alpha value is -5.86. The molecule has 0 saturated carbocycles. The SMILES string of the molecule is C1=Cc2c(n(-c3ccc4sc5ccc(-c6cccc7c6sc6c(C8NC(c9ccccc9)NC(c9ccccc9)N8)cccc67)cc5c4c3)c3ccccc23)CC1. The Morgan fingerprint density at radius 1 is 0.509 bits per heavy atom. The van der Waals surface area contributed by atoms with E-state index in [9.17, 15) is 0 Å². The van der Waals surface area contributed by atoms with Crippen LogP contribution in [0.25, 0.3) is 74.1 Å². The minimum atomic E-state index is -0.0661. The Bertz CT molecular complexity index is 3140. The largest absolute Gasteiger partial charge is 0.313 e. The number of allylic oxidation sites excluding steroid dienone is 1. The molecule has 0 amide bonds. The monoisotopic (exact) mass is 770 g/mol. The van der Waals surface area contributed by atoms with Crippen molar-refractivity contribution in [2.24, 2.45) is 0 Å². The Labute approximate surface area is 338 Å². The smallest absolute Gasteiger partial charge is 0.0878 e. The molecule has 12 rings (SSSR count).